The van der Waals surface area contributed by atoms with E-state index < -0.39 is 0 Å². The number of carbonyl (C=O) groups is 1. The fraction of sp³-hybridized carbons (Fsp3) is 0.0769. The second kappa shape index (κ2) is 8.03. The van der Waals surface area contributed by atoms with Crippen LogP contribution in [0.15, 0.2) is 91.3 Å². The Kier molecular flexibility index (Phi) is 4.92. The van der Waals surface area contributed by atoms with Gasteiger partial charge in [0.05, 0.1) is 0 Å². The average molecular weight is 410 g/mol. The van der Waals surface area contributed by atoms with Crippen LogP contribution in [-0.2, 0) is 6.42 Å². The molecule has 4 aromatic rings. The van der Waals surface area contributed by atoms with Gasteiger partial charge in [0.25, 0.3) is 5.91 Å². The number of hydrogen-bond donors (Lipinski definition) is 0. The van der Waals surface area contributed by atoms with E-state index in [2.05, 4.69) is 11.1 Å². The summed E-state index contributed by atoms with van der Waals surface area (Å²) in [7, 11) is 0. The normalized spacial score (nSPS) is 12.5. The Morgan fingerprint density at radius 1 is 0.871 bits per heavy atom. The van der Waals surface area contributed by atoms with Gasteiger partial charge in [-0.1, -0.05) is 12.1 Å². The number of ether oxygens (including phenoxy) is 1. The van der Waals surface area contributed by atoms with Gasteiger partial charge in [-0.05, 0) is 89.8 Å². The van der Waals surface area contributed by atoms with Crippen molar-refractivity contribution in [3.05, 3.63) is 108 Å². The smallest absolute Gasteiger partial charge is 0.258 e. The van der Waals surface area contributed by atoms with Crippen LogP contribution in [0.5, 0.6) is 11.5 Å². The average Bonchev–Trinajstić information content (AvgIpc) is 3.24. The third kappa shape index (κ3) is 3.90. The maximum atomic E-state index is 13.2. The van der Waals surface area contributed by atoms with Crippen molar-refractivity contribution in [2.24, 2.45) is 0 Å². The van der Waals surface area contributed by atoms with Crippen molar-refractivity contribution in [1.29, 1.82) is 0 Å². The van der Waals surface area contributed by atoms with Gasteiger partial charge >= 0.3 is 0 Å². The molecule has 0 spiro atoms. The minimum atomic E-state index is -0.323. The van der Waals surface area contributed by atoms with E-state index in [9.17, 15) is 9.18 Å². The summed E-state index contributed by atoms with van der Waals surface area (Å²) in [5.41, 5.74) is 4.86. The minimum absolute atomic E-state index is 0.0695. The van der Waals surface area contributed by atoms with Crippen LogP contribution in [0.3, 0.4) is 0 Å². The molecule has 0 unspecified atom stereocenters. The fourth-order valence-electron chi connectivity index (χ4n) is 3.82. The molecule has 0 saturated heterocycles. The van der Waals surface area contributed by atoms with Gasteiger partial charge in [-0.25, -0.2) is 4.39 Å². The molecular weight excluding hydrogens is 391 g/mol. The number of amides is 1. The summed E-state index contributed by atoms with van der Waals surface area (Å²) in [5, 5.41) is 0. The summed E-state index contributed by atoms with van der Waals surface area (Å²) in [6.45, 7) is 0.636. The molecule has 5 rings (SSSR count). The maximum absolute atomic E-state index is 13.2. The number of anilines is 1. The first kappa shape index (κ1) is 19.0. The lowest BCUT2D eigenvalue weighted by Crippen LogP contribution is -2.28. The number of rotatable bonds is 4. The van der Waals surface area contributed by atoms with Gasteiger partial charge in [0, 0.05) is 30.2 Å². The molecule has 2 heterocycles. The van der Waals surface area contributed by atoms with Crippen LogP contribution in [0.1, 0.15) is 15.9 Å². The molecule has 1 aliphatic heterocycles. The van der Waals surface area contributed by atoms with E-state index in [4.69, 9.17) is 4.74 Å². The summed E-state index contributed by atoms with van der Waals surface area (Å²) < 4.78 is 18.9. The first-order valence-corrected chi connectivity index (χ1v) is 10.1. The number of fused-ring (bicyclic) bond motifs is 1. The first-order valence-electron chi connectivity index (χ1n) is 10.1. The van der Waals surface area contributed by atoms with E-state index >= 15 is 0 Å². The molecular formula is C26H19FN2O2. The number of carbonyl (C=O) groups excluding carboxylic acids is 1. The van der Waals surface area contributed by atoms with E-state index in [1.807, 2.05) is 29.2 Å². The highest BCUT2D eigenvalue weighted by molar-refractivity contribution is 6.07. The molecule has 1 amide bonds. The molecule has 0 fully saturated rings. The van der Waals surface area contributed by atoms with Crippen LogP contribution in [0.25, 0.3) is 11.1 Å². The molecule has 1 aromatic heterocycles. The molecule has 3 aromatic carbocycles. The third-order valence-corrected chi connectivity index (χ3v) is 5.36. The highest BCUT2D eigenvalue weighted by Gasteiger charge is 2.26. The van der Waals surface area contributed by atoms with Crippen molar-refractivity contribution >= 4 is 11.6 Å². The summed E-state index contributed by atoms with van der Waals surface area (Å²) in [6, 6.07) is 23.0. The van der Waals surface area contributed by atoms with Gasteiger partial charge in [0.15, 0.2) is 0 Å². The lowest BCUT2D eigenvalue weighted by atomic mass is 10.0. The standard InChI is InChI=1S/C26H19FN2O2/c27-22-5-7-23(8-6-22)31-24-3-1-2-21(17-24)26(30)29-15-12-20-16-19(4-9-25(20)29)18-10-13-28-14-11-18/h1-11,13-14,16-17H,12,15H2. The molecule has 4 nitrogen and oxygen atoms in total. The van der Waals surface area contributed by atoms with E-state index in [1.54, 1.807) is 48.8 Å². The zero-order valence-electron chi connectivity index (χ0n) is 16.7. The number of halogens is 1. The van der Waals surface area contributed by atoms with E-state index in [1.165, 1.54) is 12.1 Å². The number of benzene rings is 3. The lowest BCUT2D eigenvalue weighted by Gasteiger charge is -2.18. The van der Waals surface area contributed by atoms with Gasteiger partial charge in [-0.3, -0.25) is 9.78 Å². The second-order valence-electron chi connectivity index (χ2n) is 7.37. The Balaban J connectivity index is 1.38. The maximum Gasteiger partial charge on any atom is 0.258 e. The Morgan fingerprint density at radius 2 is 1.68 bits per heavy atom. The van der Waals surface area contributed by atoms with Crippen molar-refractivity contribution < 1.29 is 13.9 Å². The Labute approximate surface area is 179 Å². The number of aromatic nitrogens is 1. The third-order valence-electron chi connectivity index (χ3n) is 5.36. The molecule has 31 heavy (non-hydrogen) atoms. The highest BCUT2D eigenvalue weighted by atomic mass is 19.1. The van der Waals surface area contributed by atoms with Crippen LogP contribution in [-0.4, -0.2) is 17.4 Å². The first-order chi connectivity index (χ1) is 15.2. The Morgan fingerprint density at radius 3 is 2.48 bits per heavy atom. The predicted octanol–water partition coefficient (Wildman–Crippen LogP) is 5.88. The topological polar surface area (TPSA) is 42.4 Å². The lowest BCUT2D eigenvalue weighted by molar-refractivity contribution is 0.0989. The highest BCUT2D eigenvalue weighted by Crippen LogP contribution is 2.33. The van der Waals surface area contributed by atoms with Crippen LogP contribution < -0.4 is 9.64 Å². The van der Waals surface area contributed by atoms with E-state index in [0.717, 1.165) is 28.8 Å². The SMILES string of the molecule is O=C(c1cccc(Oc2ccc(F)cc2)c1)N1CCc2cc(-c3ccncc3)ccc21. The minimum Gasteiger partial charge on any atom is -0.457 e. The van der Waals surface area contributed by atoms with Crippen molar-refractivity contribution in [3.63, 3.8) is 0 Å². The van der Waals surface area contributed by atoms with Crippen LogP contribution in [0.4, 0.5) is 10.1 Å². The van der Waals surface area contributed by atoms with Crippen LogP contribution in [0, 0.1) is 5.82 Å². The number of nitrogens with zero attached hydrogens (tertiary/aromatic N) is 2. The molecule has 5 heteroatoms. The fourth-order valence-corrected chi connectivity index (χ4v) is 3.82. The summed E-state index contributed by atoms with van der Waals surface area (Å²) in [4.78, 5) is 19.1. The zero-order chi connectivity index (χ0) is 21.2. The zero-order valence-corrected chi connectivity index (χ0v) is 16.7. The van der Waals surface area contributed by atoms with Crippen molar-refractivity contribution in [1.82, 2.24) is 4.98 Å². The van der Waals surface area contributed by atoms with Crippen LogP contribution in [0.2, 0.25) is 0 Å². The molecule has 1 aliphatic rings. The van der Waals surface area contributed by atoms with Gasteiger partial charge < -0.3 is 9.64 Å². The van der Waals surface area contributed by atoms with Crippen molar-refractivity contribution in [2.45, 2.75) is 6.42 Å². The van der Waals surface area contributed by atoms with Crippen molar-refractivity contribution in [2.75, 3.05) is 11.4 Å². The molecule has 0 atom stereocenters. The number of hydrogen-bond acceptors (Lipinski definition) is 3. The predicted molar refractivity (Wildman–Crippen MR) is 118 cm³/mol. The molecule has 0 radical (unpaired) electrons. The van der Waals surface area contributed by atoms with Crippen LogP contribution >= 0.6 is 0 Å². The van der Waals surface area contributed by atoms with Crippen molar-refractivity contribution in [3.8, 4) is 22.6 Å². The Bertz CT molecular complexity index is 1240. The van der Waals surface area contributed by atoms with Gasteiger partial charge in [0.1, 0.15) is 17.3 Å². The second-order valence-corrected chi connectivity index (χ2v) is 7.37. The summed E-state index contributed by atoms with van der Waals surface area (Å²) in [5.74, 6) is 0.655. The molecule has 0 saturated carbocycles. The van der Waals surface area contributed by atoms with Gasteiger partial charge in [-0.2, -0.15) is 0 Å². The molecule has 0 N–H and O–H groups in total. The number of pyridine rings is 1. The summed E-state index contributed by atoms with van der Waals surface area (Å²) in [6.07, 6.45) is 4.37. The molecule has 0 bridgehead atoms. The quantitative estimate of drug-likeness (QED) is 0.422. The Hall–Kier alpha value is -3.99. The molecule has 0 aliphatic carbocycles. The van der Waals surface area contributed by atoms with Gasteiger partial charge in [-0.15, -0.1) is 0 Å². The largest absolute Gasteiger partial charge is 0.457 e. The monoisotopic (exact) mass is 410 g/mol. The van der Waals surface area contributed by atoms with Gasteiger partial charge in [0.2, 0.25) is 0 Å². The van der Waals surface area contributed by atoms with E-state index in [0.29, 0.717) is 23.6 Å². The molecule has 152 valence electrons. The van der Waals surface area contributed by atoms with E-state index in [-0.39, 0.29) is 11.7 Å². The summed E-state index contributed by atoms with van der Waals surface area (Å²) >= 11 is 0.